The number of rotatable bonds is 0. The molecule has 0 bridgehead atoms. The first-order valence-corrected chi connectivity index (χ1v) is 6.16. The van der Waals surface area contributed by atoms with Gasteiger partial charge in [-0.1, -0.05) is 13.0 Å². The Labute approximate surface area is 96.5 Å². The van der Waals surface area contributed by atoms with Crippen LogP contribution >= 0.6 is 0 Å². The number of aryl methyl sites for hydroxylation is 3. The SMILES string of the molecule is Cc1coc2c3c(cc(C)c12)CC[C@@H](C)C3. The van der Waals surface area contributed by atoms with E-state index in [4.69, 9.17) is 4.42 Å². The first kappa shape index (κ1) is 9.95. The number of benzene rings is 1. The van der Waals surface area contributed by atoms with Gasteiger partial charge < -0.3 is 4.42 Å². The van der Waals surface area contributed by atoms with Crippen LogP contribution in [0.5, 0.6) is 0 Å². The lowest BCUT2D eigenvalue weighted by Gasteiger charge is -2.22. The fourth-order valence-corrected chi connectivity index (χ4v) is 3.02. The van der Waals surface area contributed by atoms with Crippen LogP contribution in [0.1, 0.15) is 35.6 Å². The smallest absolute Gasteiger partial charge is 0.137 e. The van der Waals surface area contributed by atoms with E-state index >= 15 is 0 Å². The molecular weight excluding hydrogens is 196 g/mol. The fourth-order valence-electron chi connectivity index (χ4n) is 3.02. The maximum absolute atomic E-state index is 5.78. The summed E-state index contributed by atoms with van der Waals surface area (Å²) in [5.74, 6) is 0.795. The minimum absolute atomic E-state index is 0.795. The Kier molecular flexibility index (Phi) is 2.10. The quantitative estimate of drug-likeness (QED) is 0.641. The molecule has 0 saturated carbocycles. The van der Waals surface area contributed by atoms with Gasteiger partial charge in [0.15, 0.2) is 0 Å². The van der Waals surface area contributed by atoms with Crippen molar-refractivity contribution in [3.05, 3.63) is 34.6 Å². The van der Waals surface area contributed by atoms with Gasteiger partial charge in [-0.25, -0.2) is 0 Å². The second-order valence-electron chi connectivity index (χ2n) is 5.30. The fraction of sp³-hybridized carbons (Fsp3) is 0.467. The summed E-state index contributed by atoms with van der Waals surface area (Å²) in [5, 5.41) is 1.34. The number of hydrogen-bond donors (Lipinski definition) is 0. The summed E-state index contributed by atoms with van der Waals surface area (Å²) in [5.41, 5.74) is 6.77. The molecule has 0 aliphatic heterocycles. The Bertz CT molecular complexity index is 548. The van der Waals surface area contributed by atoms with E-state index in [0.29, 0.717) is 0 Å². The van der Waals surface area contributed by atoms with Crippen molar-refractivity contribution in [1.29, 1.82) is 0 Å². The van der Waals surface area contributed by atoms with Crippen molar-refractivity contribution in [2.45, 2.75) is 40.0 Å². The van der Waals surface area contributed by atoms with Gasteiger partial charge in [0.05, 0.1) is 6.26 Å². The summed E-state index contributed by atoms with van der Waals surface area (Å²) in [6, 6.07) is 2.37. The van der Waals surface area contributed by atoms with Crippen molar-refractivity contribution in [1.82, 2.24) is 0 Å². The summed E-state index contributed by atoms with van der Waals surface area (Å²) < 4.78 is 5.78. The number of fused-ring (bicyclic) bond motifs is 3. The molecule has 3 rings (SSSR count). The highest BCUT2D eigenvalue weighted by atomic mass is 16.3. The predicted octanol–water partition coefficient (Wildman–Crippen LogP) is 4.17. The van der Waals surface area contributed by atoms with Gasteiger partial charge in [-0.05, 0) is 61.3 Å². The molecule has 1 aliphatic carbocycles. The molecule has 1 aliphatic rings. The van der Waals surface area contributed by atoms with Crippen LogP contribution in [0.3, 0.4) is 0 Å². The molecule has 0 saturated heterocycles. The summed E-state index contributed by atoms with van der Waals surface area (Å²) in [4.78, 5) is 0. The molecule has 0 spiro atoms. The molecule has 84 valence electrons. The third kappa shape index (κ3) is 1.31. The normalized spacial score (nSPS) is 20.1. The second kappa shape index (κ2) is 3.38. The van der Waals surface area contributed by atoms with Gasteiger partial charge in [-0.2, -0.15) is 0 Å². The summed E-state index contributed by atoms with van der Waals surface area (Å²) in [6.45, 7) is 6.67. The second-order valence-corrected chi connectivity index (χ2v) is 5.30. The van der Waals surface area contributed by atoms with Crippen molar-refractivity contribution in [2.24, 2.45) is 5.92 Å². The average Bonchev–Trinajstić information content (AvgIpc) is 2.63. The number of hydrogen-bond acceptors (Lipinski definition) is 1. The third-order valence-electron chi connectivity index (χ3n) is 3.88. The maximum Gasteiger partial charge on any atom is 0.137 e. The zero-order valence-electron chi connectivity index (χ0n) is 10.3. The lowest BCUT2D eigenvalue weighted by molar-refractivity contribution is 0.495. The van der Waals surface area contributed by atoms with Gasteiger partial charge in [-0.15, -0.1) is 0 Å². The highest BCUT2D eigenvalue weighted by molar-refractivity contribution is 5.88. The van der Waals surface area contributed by atoms with Crippen molar-refractivity contribution in [2.75, 3.05) is 0 Å². The standard InChI is InChI=1S/C15H18O/c1-9-4-5-12-7-10(2)14-11(3)8-16-15(14)13(12)6-9/h7-9H,4-6H2,1-3H3/t9-/m1/s1. The van der Waals surface area contributed by atoms with E-state index in [2.05, 4.69) is 26.8 Å². The van der Waals surface area contributed by atoms with Crippen LogP contribution in [-0.2, 0) is 12.8 Å². The van der Waals surface area contributed by atoms with Gasteiger partial charge >= 0.3 is 0 Å². The Balaban J connectivity index is 2.33. The van der Waals surface area contributed by atoms with Crippen LogP contribution in [0.2, 0.25) is 0 Å². The molecule has 1 heterocycles. The lowest BCUT2D eigenvalue weighted by Crippen LogP contribution is -2.11. The zero-order valence-corrected chi connectivity index (χ0v) is 10.3. The van der Waals surface area contributed by atoms with Crippen molar-refractivity contribution in [3.8, 4) is 0 Å². The van der Waals surface area contributed by atoms with E-state index in [0.717, 1.165) is 11.5 Å². The van der Waals surface area contributed by atoms with Crippen LogP contribution in [0, 0.1) is 19.8 Å². The van der Waals surface area contributed by atoms with Gasteiger partial charge in [0, 0.05) is 5.39 Å². The molecule has 1 aromatic carbocycles. The van der Waals surface area contributed by atoms with Crippen LogP contribution in [-0.4, -0.2) is 0 Å². The van der Waals surface area contributed by atoms with Crippen LogP contribution in [0.15, 0.2) is 16.7 Å². The highest BCUT2D eigenvalue weighted by Gasteiger charge is 2.21. The molecule has 0 unspecified atom stereocenters. The van der Waals surface area contributed by atoms with E-state index in [1.54, 1.807) is 0 Å². The average molecular weight is 214 g/mol. The molecule has 1 nitrogen and oxygen atoms in total. The third-order valence-corrected chi connectivity index (χ3v) is 3.88. The van der Waals surface area contributed by atoms with E-state index in [9.17, 15) is 0 Å². The van der Waals surface area contributed by atoms with Crippen molar-refractivity contribution >= 4 is 11.0 Å². The minimum atomic E-state index is 0.795. The molecule has 1 heteroatoms. The Morgan fingerprint density at radius 2 is 2.06 bits per heavy atom. The molecule has 1 atom stereocenters. The van der Waals surface area contributed by atoms with Crippen LogP contribution < -0.4 is 0 Å². The molecule has 2 aromatic rings. The predicted molar refractivity (Wildman–Crippen MR) is 66.9 cm³/mol. The molecule has 0 N–H and O–H groups in total. The molecule has 0 fully saturated rings. The van der Waals surface area contributed by atoms with E-state index in [1.165, 1.54) is 46.9 Å². The first-order valence-electron chi connectivity index (χ1n) is 6.16. The first-order chi connectivity index (χ1) is 7.66. The number of furan rings is 1. The molecule has 0 radical (unpaired) electrons. The Hall–Kier alpha value is -1.24. The van der Waals surface area contributed by atoms with Crippen LogP contribution in [0.4, 0.5) is 0 Å². The Morgan fingerprint density at radius 1 is 1.25 bits per heavy atom. The van der Waals surface area contributed by atoms with Gasteiger partial charge in [0.2, 0.25) is 0 Å². The van der Waals surface area contributed by atoms with Gasteiger partial charge in [0.25, 0.3) is 0 Å². The maximum atomic E-state index is 5.78. The molecule has 0 amide bonds. The van der Waals surface area contributed by atoms with Gasteiger partial charge in [-0.3, -0.25) is 0 Å². The summed E-state index contributed by atoms with van der Waals surface area (Å²) in [6.07, 6.45) is 5.61. The highest BCUT2D eigenvalue weighted by Crippen LogP contribution is 2.35. The Morgan fingerprint density at radius 3 is 2.88 bits per heavy atom. The summed E-state index contributed by atoms with van der Waals surface area (Å²) in [7, 11) is 0. The molecule has 1 aromatic heterocycles. The van der Waals surface area contributed by atoms with E-state index in [1.807, 2.05) is 6.26 Å². The topological polar surface area (TPSA) is 13.1 Å². The van der Waals surface area contributed by atoms with Crippen molar-refractivity contribution < 1.29 is 4.42 Å². The zero-order chi connectivity index (χ0) is 11.3. The van der Waals surface area contributed by atoms with Crippen LogP contribution in [0.25, 0.3) is 11.0 Å². The van der Waals surface area contributed by atoms with Gasteiger partial charge in [0.1, 0.15) is 5.58 Å². The summed E-state index contributed by atoms with van der Waals surface area (Å²) >= 11 is 0. The lowest BCUT2D eigenvalue weighted by atomic mass is 9.83. The molecular formula is C15H18O. The minimum Gasteiger partial charge on any atom is -0.464 e. The largest absolute Gasteiger partial charge is 0.464 e. The van der Waals surface area contributed by atoms with E-state index in [-0.39, 0.29) is 0 Å². The monoisotopic (exact) mass is 214 g/mol. The molecule has 16 heavy (non-hydrogen) atoms. The van der Waals surface area contributed by atoms with E-state index < -0.39 is 0 Å². The van der Waals surface area contributed by atoms with Crippen molar-refractivity contribution in [3.63, 3.8) is 0 Å².